The van der Waals surface area contributed by atoms with Crippen molar-refractivity contribution in [3.05, 3.63) is 28.2 Å². The number of likely N-dealkylation sites (N-methyl/N-ethyl adjacent to an activating group) is 1. The quantitative estimate of drug-likeness (QED) is 0.895. The molecule has 3 nitrogen and oxygen atoms in total. The van der Waals surface area contributed by atoms with Crippen molar-refractivity contribution in [3.8, 4) is 6.07 Å². The number of rotatable bonds is 3. The average molecular weight is 255 g/mol. The summed E-state index contributed by atoms with van der Waals surface area (Å²) in [6, 6.07) is 7.63. The highest BCUT2D eigenvalue weighted by molar-refractivity contribution is 9.10. The van der Waals surface area contributed by atoms with Crippen LogP contribution in [0.4, 0.5) is 5.69 Å². The summed E-state index contributed by atoms with van der Waals surface area (Å²) in [7, 11) is 1.85. The van der Waals surface area contributed by atoms with Crippen LogP contribution in [0.15, 0.2) is 22.7 Å². The lowest BCUT2D eigenvalue weighted by Gasteiger charge is -2.19. The summed E-state index contributed by atoms with van der Waals surface area (Å²) in [5.41, 5.74) is 1.44. The van der Waals surface area contributed by atoms with E-state index in [9.17, 15) is 0 Å². The van der Waals surface area contributed by atoms with Crippen LogP contribution in [0.2, 0.25) is 0 Å². The Morgan fingerprint density at radius 2 is 2.29 bits per heavy atom. The maximum Gasteiger partial charge on any atom is 0.101 e. The molecule has 0 spiro atoms. The highest BCUT2D eigenvalue weighted by Crippen LogP contribution is 2.22. The molecule has 0 saturated carbocycles. The van der Waals surface area contributed by atoms with Crippen LogP contribution in [0.1, 0.15) is 5.56 Å². The van der Waals surface area contributed by atoms with Crippen LogP contribution in [0.5, 0.6) is 0 Å². The molecule has 0 fully saturated rings. The van der Waals surface area contributed by atoms with Crippen molar-refractivity contribution in [1.29, 1.82) is 5.26 Å². The molecular formula is C10H11BrN2O. The summed E-state index contributed by atoms with van der Waals surface area (Å²) >= 11 is 3.31. The molecular weight excluding hydrogens is 244 g/mol. The largest absolute Gasteiger partial charge is 0.395 e. The van der Waals surface area contributed by atoms with Gasteiger partial charge in [-0.05, 0) is 18.2 Å². The van der Waals surface area contributed by atoms with E-state index in [1.54, 1.807) is 6.07 Å². The molecule has 1 N–H and O–H groups in total. The van der Waals surface area contributed by atoms with E-state index in [2.05, 4.69) is 22.0 Å². The van der Waals surface area contributed by atoms with Crippen molar-refractivity contribution in [2.45, 2.75) is 0 Å². The molecule has 0 radical (unpaired) electrons. The first-order valence-electron chi connectivity index (χ1n) is 4.20. The van der Waals surface area contributed by atoms with Crippen molar-refractivity contribution in [3.63, 3.8) is 0 Å². The van der Waals surface area contributed by atoms with Crippen molar-refractivity contribution in [2.75, 3.05) is 25.1 Å². The number of anilines is 1. The standard InChI is InChI=1S/C10H11BrN2O/c1-13(4-5-14)10-3-2-9(11)6-8(10)7-12/h2-3,6,14H,4-5H2,1H3. The molecule has 74 valence electrons. The maximum absolute atomic E-state index is 8.90. The second-order valence-electron chi connectivity index (χ2n) is 2.92. The molecule has 1 aromatic carbocycles. The van der Waals surface area contributed by atoms with Gasteiger partial charge in [0.15, 0.2) is 0 Å². The monoisotopic (exact) mass is 254 g/mol. The Morgan fingerprint density at radius 1 is 1.57 bits per heavy atom. The number of aliphatic hydroxyl groups is 1. The van der Waals surface area contributed by atoms with Crippen LogP contribution < -0.4 is 4.90 Å². The van der Waals surface area contributed by atoms with Gasteiger partial charge in [0.1, 0.15) is 6.07 Å². The molecule has 0 aliphatic carbocycles. The van der Waals surface area contributed by atoms with E-state index in [4.69, 9.17) is 10.4 Å². The van der Waals surface area contributed by atoms with Gasteiger partial charge in [-0.15, -0.1) is 0 Å². The summed E-state index contributed by atoms with van der Waals surface area (Å²) in [4.78, 5) is 1.85. The van der Waals surface area contributed by atoms with Gasteiger partial charge in [-0.25, -0.2) is 0 Å². The minimum absolute atomic E-state index is 0.0808. The smallest absolute Gasteiger partial charge is 0.101 e. The Labute approximate surface area is 91.7 Å². The minimum atomic E-state index is 0.0808. The van der Waals surface area contributed by atoms with Crippen LogP contribution in [0.3, 0.4) is 0 Å². The number of halogens is 1. The first-order valence-corrected chi connectivity index (χ1v) is 5.00. The summed E-state index contributed by atoms with van der Waals surface area (Å²) in [6.07, 6.45) is 0. The minimum Gasteiger partial charge on any atom is -0.395 e. The van der Waals surface area contributed by atoms with Gasteiger partial charge in [0.25, 0.3) is 0 Å². The Morgan fingerprint density at radius 3 is 2.86 bits per heavy atom. The number of nitrogens with zero attached hydrogens (tertiary/aromatic N) is 2. The fraction of sp³-hybridized carbons (Fsp3) is 0.300. The normalized spacial score (nSPS) is 9.57. The highest BCUT2D eigenvalue weighted by atomic mass is 79.9. The van der Waals surface area contributed by atoms with Gasteiger partial charge >= 0.3 is 0 Å². The molecule has 0 saturated heterocycles. The van der Waals surface area contributed by atoms with E-state index >= 15 is 0 Å². The maximum atomic E-state index is 8.90. The summed E-state index contributed by atoms with van der Waals surface area (Å²) in [5.74, 6) is 0. The van der Waals surface area contributed by atoms with Gasteiger partial charge in [-0.1, -0.05) is 15.9 Å². The zero-order valence-corrected chi connectivity index (χ0v) is 9.45. The van der Waals surface area contributed by atoms with Gasteiger partial charge in [0.05, 0.1) is 17.9 Å². The summed E-state index contributed by atoms with van der Waals surface area (Å²) in [6.45, 7) is 0.605. The van der Waals surface area contributed by atoms with Crippen LogP contribution in [0, 0.1) is 11.3 Å². The fourth-order valence-corrected chi connectivity index (χ4v) is 1.56. The molecule has 1 rings (SSSR count). The fourth-order valence-electron chi connectivity index (χ4n) is 1.20. The van der Waals surface area contributed by atoms with E-state index in [-0.39, 0.29) is 6.61 Å². The van der Waals surface area contributed by atoms with Crippen molar-refractivity contribution >= 4 is 21.6 Å². The first-order chi connectivity index (χ1) is 6.69. The van der Waals surface area contributed by atoms with Crippen molar-refractivity contribution in [2.24, 2.45) is 0 Å². The lowest BCUT2D eigenvalue weighted by atomic mass is 10.2. The van der Waals surface area contributed by atoms with Gasteiger partial charge in [0.2, 0.25) is 0 Å². The number of hydrogen-bond acceptors (Lipinski definition) is 3. The molecule has 1 aromatic rings. The van der Waals surface area contributed by atoms with Crippen LogP contribution in [-0.4, -0.2) is 25.3 Å². The van der Waals surface area contributed by atoms with E-state index < -0.39 is 0 Å². The van der Waals surface area contributed by atoms with Crippen molar-refractivity contribution in [1.82, 2.24) is 0 Å². The predicted octanol–water partition coefficient (Wildman–Crippen LogP) is 1.75. The third-order valence-corrected chi connectivity index (χ3v) is 2.42. The van der Waals surface area contributed by atoms with Gasteiger partial charge < -0.3 is 10.0 Å². The lowest BCUT2D eigenvalue weighted by molar-refractivity contribution is 0.304. The van der Waals surface area contributed by atoms with Gasteiger partial charge in [-0.2, -0.15) is 5.26 Å². The Hall–Kier alpha value is -1.05. The second kappa shape index (κ2) is 4.99. The van der Waals surface area contributed by atoms with Crippen LogP contribution in [0.25, 0.3) is 0 Å². The van der Waals surface area contributed by atoms with E-state index in [1.165, 1.54) is 0 Å². The zero-order chi connectivity index (χ0) is 10.6. The molecule has 0 bridgehead atoms. The number of benzene rings is 1. The van der Waals surface area contributed by atoms with Gasteiger partial charge in [0, 0.05) is 18.1 Å². The second-order valence-corrected chi connectivity index (χ2v) is 3.83. The molecule has 4 heteroatoms. The van der Waals surface area contributed by atoms with E-state index in [0.717, 1.165) is 10.2 Å². The lowest BCUT2D eigenvalue weighted by Crippen LogP contribution is -2.21. The highest BCUT2D eigenvalue weighted by Gasteiger charge is 2.06. The van der Waals surface area contributed by atoms with Gasteiger partial charge in [-0.3, -0.25) is 0 Å². The van der Waals surface area contributed by atoms with Crippen molar-refractivity contribution < 1.29 is 5.11 Å². The SMILES string of the molecule is CN(CCO)c1ccc(Br)cc1C#N. The molecule has 0 aliphatic rings. The molecule has 0 atom stereocenters. The van der Waals surface area contributed by atoms with E-state index in [0.29, 0.717) is 12.1 Å². The molecule has 0 aliphatic heterocycles. The van der Waals surface area contributed by atoms with Crippen LogP contribution >= 0.6 is 15.9 Å². The Balaban J connectivity index is 3.03. The molecule has 0 unspecified atom stereocenters. The summed E-state index contributed by atoms with van der Waals surface area (Å²) in [5, 5.41) is 17.7. The predicted molar refractivity (Wildman–Crippen MR) is 59.2 cm³/mol. The van der Waals surface area contributed by atoms with E-state index in [1.807, 2.05) is 24.1 Å². The third-order valence-electron chi connectivity index (χ3n) is 1.93. The molecule has 0 heterocycles. The number of hydrogen-bond donors (Lipinski definition) is 1. The first kappa shape index (κ1) is 11.0. The number of aliphatic hydroxyl groups excluding tert-OH is 1. The Kier molecular flexibility index (Phi) is 3.93. The molecule has 0 aromatic heterocycles. The third kappa shape index (κ3) is 2.47. The number of nitriles is 1. The Bertz CT molecular complexity index is 360. The van der Waals surface area contributed by atoms with Crippen LogP contribution in [-0.2, 0) is 0 Å². The molecule has 0 amide bonds. The zero-order valence-electron chi connectivity index (χ0n) is 7.87. The summed E-state index contributed by atoms with van der Waals surface area (Å²) < 4.78 is 0.884. The molecule has 14 heavy (non-hydrogen) atoms. The topological polar surface area (TPSA) is 47.3 Å². The average Bonchev–Trinajstić information content (AvgIpc) is 2.17.